The fourth-order valence-corrected chi connectivity index (χ4v) is 2.08. The summed E-state index contributed by atoms with van der Waals surface area (Å²) in [6.07, 6.45) is 2.68. The fourth-order valence-electron chi connectivity index (χ4n) is 2.08. The molecule has 1 aliphatic rings. The van der Waals surface area contributed by atoms with E-state index in [1.165, 1.54) is 0 Å². The quantitative estimate of drug-likeness (QED) is 0.657. The molecule has 1 aliphatic heterocycles. The van der Waals surface area contributed by atoms with Crippen molar-refractivity contribution in [1.29, 1.82) is 0 Å². The topological polar surface area (TPSA) is 41.6 Å². The van der Waals surface area contributed by atoms with Crippen molar-refractivity contribution in [3.63, 3.8) is 0 Å². The van der Waals surface area contributed by atoms with Gasteiger partial charge >= 0.3 is 0 Å². The highest BCUT2D eigenvalue weighted by molar-refractivity contribution is 5.76. The smallest absolute Gasteiger partial charge is 0.224 e. The second-order valence-electron chi connectivity index (χ2n) is 4.41. The summed E-state index contributed by atoms with van der Waals surface area (Å²) in [6.45, 7) is 6.24. The van der Waals surface area contributed by atoms with Crippen LogP contribution in [0.4, 0.5) is 0 Å². The average Bonchev–Trinajstić information content (AvgIpc) is 2.73. The van der Waals surface area contributed by atoms with Crippen molar-refractivity contribution in [3.8, 4) is 0 Å². The largest absolute Gasteiger partial charge is 0.381 e. The molecule has 0 saturated carbocycles. The highest BCUT2D eigenvalue weighted by Gasteiger charge is 2.24. The molecule has 0 spiro atoms. The molecule has 1 fully saturated rings. The van der Waals surface area contributed by atoms with E-state index in [2.05, 4.69) is 12.2 Å². The molecule has 0 radical (unpaired) electrons. The first kappa shape index (κ1) is 13.5. The van der Waals surface area contributed by atoms with Crippen LogP contribution in [0.15, 0.2) is 0 Å². The molecule has 0 aliphatic carbocycles. The molecule has 0 aromatic carbocycles. The Bertz CT molecular complexity index is 209. The number of ether oxygens (including phenoxy) is 1. The predicted molar refractivity (Wildman–Crippen MR) is 64.3 cm³/mol. The minimum Gasteiger partial charge on any atom is -0.381 e. The van der Waals surface area contributed by atoms with Gasteiger partial charge in [0, 0.05) is 19.7 Å². The van der Waals surface area contributed by atoms with Gasteiger partial charge in [-0.05, 0) is 32.4 Å². The summed E-state index contributed by atoms with van der Waals surface area (Å²) in [5.41, 5.74) is 0. The van der Waals surface area contributed by atoms with E-state index in [0.29, 0.717) is 18.9 Å². The highest BCUT2D eigenvalue weighted by Crippen LogP contribution is 2.16. The number of rotatable bonds is 7. The van der Waals surface area contributed by atoms with Crippen LogP contribution in [0.1, 0.15) is 26.2 Å². The van der Waals surface area contributed by atoms with E-state index in [4.69, 9.17) is 4.74 Å². The molecule has 0 aromatic heterocycles. The summed E-state index contributed by atoms with van der Waals surface area (Å²) < 4.78 is 5.33. The lowest BCUT2D eigenvalue weighted by molar-refractivity contribution is -0.131. The normalized spacial score (nSPS) is 20.4. The van der Waals surface area contributed by atoms with Crippen LogP contribution in [0.25, 0.3) is 0 Å². The van der Waals surface area contributed by atoms with Gasteiger partial charge in [0.1, 0.15) is 0 Å². The molecule has 1 rings (SSSR count). The number of nitrogens with zero attached hydrogens (tertiary/aromatic N) is 1. The molecule has 1 amide bonds. The second-order valence-corrected chi connectivity index (χ2v) is 4.41. The van der Waals surface area contributed by atoms with Crippen LogP contribution in [0.3, 0.4) is 0 Å². The first-order valence-electron chi connectivity index (χ1n) is 6.28. The van der Waals surface area contributed by atoms with E-state index in [-0.39, 0.29) is 5.91 Å². The Morgan fingerprint density at radius 1 is 1.50 bits per heavy atom. The third kappa shape index (κ3) is 4.49. The maximum atomic E-state index is 11.8. The summed E-state index contributed by atoms with van der Waals surface area (Å²) in [4.78, 5) is 13.8. The van der Waals surface area contributed by atoms with Gasteiger partial charge in [-0.15, -0.1) is 0 Å². The van der Waals surface area contributed by atoms with Gasteiger partial charge in [-0.2, -0.15) is 0 Å². The Morgan fingerprint density at radius 3 is 3.00 bits per heavy atom. The molecule has 0 aromatic rings. The van der Waals surface area contributed by atoms with Crippen LogP contribution in [0.2, 0.25) is 0 Å². The average molecular weight is 228 g/mol. The van der Waals surface area contributed by atoms with Crippen molar-refractivity contribution in [3.05, 3.63) is 0 Å². The van der Waals surface area contributed by atoms with Gasteiger partial charge in [-0.25, -0.2) is 0 Å². The molecule has 1 unspecified atom stereocenters. The van der Waals surface area contributed by atoms with Crippen LogP contribution >= 0.6 is 0 Å². The number of hydrogen-bond acceptors (Lipinski definition) is 3. The molecule has 1 atom stereocenters. The number of carbonyl (C=O) groups is 1. The molecule has 0 bridgehead atoms. The lowest BCUT2D eigenvalue weighted by atomic mass is 10.1. The van der Waals surface area contributed by atoms with Gasteiger partial charge in [0.2, 0.25) is 5.91 Å². The standard InChI is InChI=1S/C12H24N2O2/c1-3-7-16-8-5-12(15)14-6-4-11(10-14)9-13-2/h11,13H,3-10H2,1-2H3. The van der Waals surface area contributed by atoms with E-state index in [0.717, 1.165) is 39.1 Å². The Hall–Kier alpha value is -0.610. The molecule has 1 saturated heterocycles. The fraction of sp³-hybridized carbons (Fsp3) is 0.917. The molecule has 1 N–H and O–H groups in total. The van der Waals surface area contributed by atoms with Gasteiger partial charge in [0.15, 0.2) is 0 Å². The lowest BCUT2D eigenvalue weighted by Crippen LogP contribution is -2.31. The maximum Gasteiger partial charge on any atom is 0.224 e. The van der Waals surface area contributed by atoms with Crippen molar-refractivity contribution in [2.45, 2.75) is 26.2 Å². The van der Waals surface area contributed by atoms with E-state index < -0.39 is 0 Å². The van der Waals surface area contributed by atoms with Crippen LogP contribution < -0.4 is 5.32 Å². The summed E-state index contributed by atoms with van der Waals surface area (Å²) in [5.74, 6) is 0.875. The Kier molecular flexibility index (Phi) is 6.42. The lowest BCUT2D eigenvalue weighted by Gasteiger charge is -2.16. The van der Waals surface area contributed by atoms with Crippen LogP contribution in [0, 0.1) is 5.92 Å². The zero-order chi connectivity index (χ0) is 11.8. The predicted octanol–water partition coefficient (Wildman–Crippen LogP) is 0.871. The first-order valence-corrected chi connectivity index (χ1v) is 6.28. The zero-order valence-corrected chi connectivity index (χ0v) is 10.5. The van der Waals surface area contributed by atoms with E-state index >= 15 is 0 Å². The molecular weight excluding hydrogens is 204 g/mol. The molecule has 16 heavy (non-hydrogen) atoms. The Labute approximate surface area is 98.3 Å². The number of hydrogen-bond donors (Lipinski definition) is 1. The number of nitrogens with one attached hydrogen (secondary N) is 1. The maximum absolute atomic E-state index is 11.8. The van der Waals surface area contributed by atoms with Crippen LogP contribution in [-0.2, 0) is 9.53 Å². The SMILES string of the molecule is CCCOCCC(=O)N1CCC(CNC)C1. The number of amides is 1. The third-order valence-electron chi connectivity index (χ3n) is 2.94. The summed E-state index contributed by atoms with van der Waals surface area (Å²) >= 11 is 0. The number of likely N-dealkylation sites (tertiary alicyclic amines) is 1. The minimum absolute atomic E-state index is 0.245. The number of carbonyl (C=O) groups excluding carboxylic acids is 1. The molecule has 4 nitrogen and oxygen atoms in total. The van der Waals surface area contributed by atoms with E-state index in [9.17, 15) is 4.79 Å². The van der Waals surface area contributed by atoms with Gasteiger partial charge in [-0.3, -0.25) is 4.79 Å². The van der Waals surface area contributed by atoms with Crippen LogP contribution in [-0.4, -0.2) is 50.7 Å². The summed E-state index contributed by atoms with van der Waals surface area (Å²) in [5, 5.41) is 3.17. The summed E-state index contributed by atoms with van der Waals surface area (Å²) in [7, 11) is 1.96. The van der Waals surface area contributed by atoms with E-state index in [1.807, 2.05) is 11.9 Å². The van der Waals surface area contributed by atoms with Crippen molar-refractivity contribution in [2.24, 2.45) is 5.92 Å². The Balaban J connectivity index is 2.13. The van der Waals surface area contributed by atoms with Crippen molar-refractivity contribution >= 4 is 5.91 Å². The highest BCUT2D eigenvalue weighted by atomic mass is 16.5. The van der Waals surface area contributed by atoms with Crippen molar-refractivity contribution < 1.29 is 9.53 Å². The monoisotopic (exact) mass is 228 g/mol. The molecule has 1 heterocycles. The third-order valence-corrected chi connectivity index (χ3v) is 2.94. The first-order chi connectivity index (χ1) is 7.77. The molecular formula is C12H24N2O2. The second kappa shape index (κ2) is 7.63. The molecule has 94 valence electrons. The summed E-state index contributed by atoms with van der Waals surface area (Å²) in [6, 6.07) is 0. The van der Waals surface area contributed by atoms with Crippen molar-refractivity contribution in [2.75, 3.05) is 39.9 Å². The Morgan fingerprint density at radius 2 is 2.31 bits per heavy atom. The molecule has 4 heteroatoms. The van der Waals surface area contributed by atoms with Crippen molar-refractivity contribution in [1.82, 2.24) is 10.2 Å². The van der Waals surface area contributed by atoms with Gasteiger partial charge in [-0.1, -0.05) is 6.92 Å². The van der Waals surface area contributed by atoms with Gasteiger partial charge < -0.3 is 15.0 Å². The van der Waals surface area contributed by atoms with E-state index in [1.54, 1.807) is 0 Å². The van der Waals surface area contributed by atoms with Gasteiger partial charge in [0.25, 0.3) is 0 Å². The minimum atomic E-state index is 0.245. The van der Waals surface area contributed by atoms with Gasteiger partial charge in [0.05, 0.1) is 13.0 Å². The van der Waals surface area contributed by atoms with Crippen LogP contribution in [0.5, 0.6) is 0 Å². The zero-order valence-electron chi connectivity index (χ0n) is 10.5.